The van der Waals surface area contributed by atoms with Gasteiger partial charge >= 0.3 is 11.8 Å². The largest absolute Gasteiger partial charge is 0.394 e. The molecule has 1 fully saturated rings. The number of carbonyl (C=O) groups excluding carboxylic acids is 2. The number of nitrogens with one attached hydrogen (secondary N) is 1. The number of nitrogens with zero attached hydrogens (tertiary/aromatic N) is 2. The summed E-state index contributed by atoms with van der Waals surface area (Å²) in [5.41, 5.74) is 0. The molecule has 1 aliphatic rings. The summed E-state index contributed by atoms with van der Waals surface area (Å²) in [6.45, 7) is 0.184. The van der Waals surface area contributed by atoms with E-state index in [0.717, 1.165) is 6.42 Å². The van der Waals surface area contributed by atoms with Crippen LogP contribution in [-0.4, -0.2) is 47.6 Å². The van der Waals surface area contributed by atoms with Gasteiger partial charge in [0.05, 0.1) is 18.7 Å². The number of aliphatic hydroxyl groups excluding tert-OH is 1. The average Bonchev–Trinajstić information content (AvgIpc) is 2.72. The lowest BCUT2D eigenvalue weighted by Crippen LogP contribution is -2.46. The number of likely N-dealkylation sites (tertiary alicyclic amines) is 1. The molecular weight excluding hydrogens is 198 g/mol. The zero-order chi connectivity index (χ0) is 11.3. The Bertz CT molecular complexity index is 297. The van der Waals surface area contributed by atoms with Crippen molar-refractivity contribution in [2.24, 2.45) is 0 Å². The maximum absolute atomic E-state index is 11.5. The molecule has 82 valence electrons. The van der Waals surface area contributed by atoms with Crippen LogP contribution in [0.4, 0.5) is 0 Å². The molecule has 0 saturated carbocycles. The van der Waals surface area contributed by atoms with Crippen molar-refractivity contribution in [3.8, 4) is 6.07 Å². The Balaban J connectivity index is 2.52. The lowest BCUT2D eigenvalue weighted by molar-refractivity contribution is -0.146. The molecule has 2 amide bonds. The summed E-state index contributed by atoms with van der Waals surface area (Å²) in [5.74, 6) is -1.45. The first-order valence-electron chi connectivity index (χ1n) is 4.77. The normalized spacial score (nSPS) is 19.7. The van der Waals surface area contributed by atoms with Crippen molar-refractivity contribution in [2.45, 2.75) is 18.9 Å². The number of hydrogen-bond donors (Lipinski definition) is 2. The highest BCUT2D eigenvalue weighted by Gasteiger charge is 2.31. The molecule has 15 heavy (non-hydrogen) atoms. The number of hydrogen-bond acceptors (Lipinski definition) is 4. The third-order valence-corrected chi connectivity index (χ3v) is 2.37. The van der Waals surface area contributed by atoms with Gasteiger partial charge in [-0.05, 0) is 12.8 Å². The maximum Gasteiger partial charge on any atom is 0.312 e. The number of carbonyl (C=O) groups is 2. The molecule has 0 aromatic carbocycles. The van der Waals surface area contributed by atoms with Crippen molar-refractivity contribution < 1.29 is 14.7 Å². The van der Waals surface area contributed by atoms with E-state index < -0.39 is 11.8 Å². The van der Waals surface area contributed by atoms with Gasteiger partial charge in [0.25, 0.3) is 0 Å². The van der Waals surface area contributed by atoms with E-state index in [1.165, 1.54) is 4.90 Å². The summed E-state index contributed by atoms with van der Waals surface area (Å²) < 4.78 is 0. The minimum atomic E-state index is -0.781. The zero-order valence-electron chi connectivity index (χ0n) is 8.27. The van der Waals surface area contributed by atoms with Crippen LogP contribution in [-0.2, 0) is 9.59 Å². The molecule has 6 nitrogen and oxygen atoms in total. The second-order valence-corrected chi connectivity index (χ2v) is 3.32. The minimum Gasteiger partial charge on any atom is -0.394 e. The van der Waals surface area contributed by atoms with E-state index in [2.05, 4.69) is 5.32 Å². The van der Waals surface area contributed by atoms with Crippen LogP contribution >= 0.6 is 0 Å². The van der Waals surface area contributed by atoms with Crippen molar-refractivity contribution in [2.75, 3.05) is 19.7 Å². The quantitative estimate of drug-likeness (QED) is 0.434. The van der Waals surface area contributed by atoms with Gasteiger partial charge in [0.2, 0.25) is 0 Å². The molecule has 2 N–H and O–H groups in total. The van der Waals surface area contributed by atoms with E-state index in [4.69, 9.17) is 10.4 Å². The lowest BCUT2D eigenvalue weighted by Gasteiger charge is -2.21. The summed E-state index contributed by atoms with van der Waals surface area (Å²) in [6.07, 6.45) is 1.51. The van der Waals surface area contributed by atoms with Gasteiger partial charge in [0, 0.05) is 6.54 Å². The maximum atomic E-state index is 11.5. The molecule has 1 atom stereocenters. The summed E-state index contributed by atoms with van der Waals surface area (Å²) in [4.78, 5) is 24.1. The Morgan fingerprint density at radius 1 is 1.60 bits per heavy atom. The number of aliphatic hydroxyl groups is 1. The van der Waals surface area contributed by atoms with Crippen LogP contribution in [0.15, 0.2) is 0 Å². The third kappa shape index (κ3) is 2.67. The molecule has 0 bridgehead atoms. The summed E-state index contributed by atoms with van der Waals surface area (Å²) in [7, 11) is 0. The summed E-state index contributed by atoms with van der Waals surface area (Å²) in [5, 5.41) is 19.4. The Kier molecular flexibility index (Phi) is 4.06. The van der Waals surface area contributed by atoms with Gasteiger partial charge in [-0.3, -0.25) is 9.59 Å². The van der Waals surface area contributed by atoms with Crippen molar-refractivity contribution in [3.63, 3.8) is 0 Å². The first-order valence-corrected chi connectivity index (χ1v) is 4.77. The smallest absolute Gasteiger partial charge is 0.312 e. The Hall–Kier alpha value is -1.61. The van der Waals surface area contributed by atoms with E-state index in [1.54, 1.807) is 6.07 Å². The molecule has 0 aromatic rings. The van der Waals surface area contributed by atoms with Crippen LogP contribution in [0.5, 0.6) is 0 Å². The van der Waals surface area contributed by atoms with Crippen LogP contribution < -0.4 is 5.32 Å². The van der Waals surface area contributed by atoms with Gasteiger partial charge in [0.1, 0.15) is 6.54 Å². The fourth-order valence-corrected chi connectivity index (χ4v) is 1.62. The summed E-state index contributed by atoms with van der Waals surface area (Å²) in [6, 6.07) is 1.46. The molecule has 0 radical (unpaired) electrons. The van der Waals surface area contributed by atoms with E-state index in [9.17, 15) is 9.59 Å². The molecule has 0 aromatic heterocycles. The van der Waals surface area contributed by atoms with Crippen molar-refractivity contribution in [3.05, 3.63) is 0 Å². The van der Waals surface area contributed by atoms with Crippen molar-refractivity contribution >= 4 is 11.8 Å². The highest BCUT2D eigenvalue weighted by molar-refractivity contribution is 6.35. The molecule has 0 aliphatic carbocycles. The molecule has 0 unspecified atom stereocenters. The van der Waals surface area contributed by atoms with Crippen molar-refractivity contribution in [1.29, 1.82) is 5.26 Å². The van der Waals surface area contributed by atoms with Crippen LogP contribution in [0.25, 0.3) is 0 Å². The molecule has 1 heterocycles. The highest BCUT2D eigenvalue weighted by Crippen LogP contribution is 2.16. The lowest BCUT2D eigenvalue weighted by atomic mass is 10.2. The van der Waals surface area contributed by atoms with Gasteiger partial charge in [-0.2, -0.15) is 5.26 Å². The minimum absolute atomic E-state index is 0.128. The van der Waals surface area contributed by atoms with Crippen LogP contribution in [0.1, 0.15) is 12.8 Å². The standard InChI is InChI=1S/C9H13N3O3/c10-3-4-11-8(14)9(15)12-5-1-2-7(12)6-13/h7,13H,1-2,4-6H2,(H,11,14)/t7-/m0/s1. The summed E-state index contributed by atoms with van der Waals surface area (Å²) >= 11 is 0. The van der Waals surface area contributed by atoms with Gasteiger partial charge in [-0.25, -0.2) is 0 Å². The van der Waals surface area contributed by atoms with Crippen LogP contribution in [0.2, 0.25) is 0 Å². The van der Waals surface area contributed by atoms with Crippen LogP contribution in [0, 0.1) is 11.3 Å². The fourth-order valence-electron chi connectivity index (χ4n) is 1.62. The molecule has 6 heteroatoms. The van der Waals surface area contributed by atoms with E-state index in [0.29, 0.717) is 13.0 Å². The number of nitriles is 1. The average molecular weight is 211 g/mol. The molecular formula is C9H13N3O3. The van der Waals surface area contributed by atoms with Gasteiger partial charge < -0.3 is 15.3 Å². The Labute approximate surface area is 87.5 Å². The second kappa shape index (κ2) is 5.32. The Morgan fingerprint density at radius 2 is 2.33 bits per heavy atom. The van der Waals surface area contributed by atoms with Gasteiger partial charge in [-0.1, -0.05) is 0 Å². The topological polar surface area (TPSA) is 93.4 Å². The molecule has 1 aliphatic heterocycles. The van der Waals surface area contributed by atoms with E-state index in [-0.39, 0.29) is 19.2 Å². The third-order valence-electron chi connectivity index (χ3n) is 2.37. The predicted octanol–water partition coefficient (Wildman–Crippen LogP) is -1.39. The second-order valence-electron chi connectivity index (χ2n) is 3.32. The molecule has 0 spiro atoms. The number of rotatable bonds is 2. The SMILES string of the molecule is N#CCNC(=O)C(=O)N1CCC[C@H]1CO. The molecule has 1 saturated heterocycles. The van der Waals surface area contributed by atoms with Crippen molar-refractivity contribution in [1.82, 2.24) is 10.2 Å². The van der Waals surface area contributed by atoms with E-state index >= 15 is 0 Å². The highest BCUT2D eigenvalue weighted by atomic mass is 16.3. The van der Waals surface area contributed by atoms with Gasteiger partial charge in [-0.15, -0.1) is 0 Å². The molecule has 1 rings (SSSR count). The first kappa shape index (κ1) is 11.5. The van der Waals surface area contributed by atoms with Crippen LogP contribution in [0.3, 0.4) is 0 Å². The number of amides is 2. The Morgan fingerprint density at radius 3 is 2.93 bits per heavy atom. The monoisotopic (exact) mass is 211 g/mol. The zero-order valence-corrected chi connectivity index (χ0v) is 8.27. The van der Waals surface area contributed by atoms with E-state index in [1.807, 2.05) is 0 Å². The predicted molar refractivity (Wildman–Crippen MR) is 50.4 cm³/mol. The van der Waals surface area contributed by atoms with Gasteiger partial charge in [0.15, 0.2) is 0 Å². The fraction of sp³-hybridized carbons (Fsp3) is 0.667. The first-order chi connectivity index (χ1) is 7.20.